The molecule has 0 nitrogen and oxygen atoms in total. The summed E-state index contributed by atoms with van der Waals surface area (Å²) >= 11 is 0. The van der Waals surface area contributed by atoms with Crippen molar-refractivity contribution in [2.24, 2.45) is 0 Å². The Labute approximate surface area is 95.9 Å². The molecular formula is C6BF8Li. The summed E-state index contributed by atoms with van der Waals surface area (Å²) in [4.78, 5) is 0. The van der Waals surface area contributed by atoms with Crippen LogP contribution in [0.3, 0.4) is 0 Å². The van der Waals surface area contributed by atoms with Crippen LogP contribution < -0.4 is 24.3 Å². The van der Waals surface area contributed by atoms with E-state index in [9.17, 15) is 34.9 Å². The van der Waals surface area contributed by atoms with Crippen LogP contribution in [0.5, 0.6) is 0 Å². The maximum absolute atomic E-state index is 12.5. The monoisotopic (exact) mass is 242 g/mol. The first-order chi connectivity index (χ1) is 6.68. The first-order valence-corrected chi connectivity index (χ1v) is 3.39. The number of rotatable bonds is 1. The molecule has 0 saturated carbocycles. The van der Waals surface area contributed by atoms with Crippen LogP contribution in [0.25, 0.3) is 0 Å². The van der Waals surface area contributed by atoms with Crippen LogP contribution in [0.4, 0.5) is 34.9 Å². The van der Waals surface area contributed by atoms with Crippen molar-refractivity contribution in [2.75, 3.05) is 0 Å². The van der Waals surface area contributed by atoms with Gasteiger partial charge in [0.15, 0.2) is 17.5 Å². The van der Waals surface area contributed by atoms with Gasteiger partial charge in [0.05, 0.1) is 0 Å². The zero-order chi connectivity index (χ0) is 12.0. The fourth-order valence-corrected chi connectivity index (χ4v) is 0.909. The van der Waals surface area contributed by atoms with E-state index in [0.29, 0.717) is 0 Å². The van der Waals surface area contributed by atoms with E-state index in [1.165, 1.54) is 0 Å². The molecule has 1 rings (SSSR count). The topological polar surface area (TPSA) is 0 Å². The molecule has 0 saturated heterocycles. The molecule has 0 unspecified atom stereocenters. The Kier molecular flexibility index (Phi) is 4.48. The largest absolute Gasteiger partial charge is 1.00 e. The molecule has 0 radical (unpaired) electrons. The first kappa shape index (κ1) is 15.3. The molecule has 1 aromatic carbocycles. The second-order valence-electron chi connectivity index (χ2n) is 2.56. The minimum absolute atomic E-state index is 0. The molecular weight excluding hydrogens is 242 g/mol. The summed E-state index contributed by atoms with van der Waals surface area (Å²) in [7, 11) is 0. The van der Waals surface area contributed by atoms with E-state index in [4.69, 9.17) is 0 Å². The van der Waals surface area contributed by atoms with Gasteiger partial charge in [-0.15, -0.1) is 0 Å². The summed E-state index contributed by atoms with van der Waals surface area (Å²) in [5, 5.41) is 0. The van der Waals surface area contributed by atoms with E-state index >= 15 is 0 Å². The number of hydrogen-bond acceptors (Lipinski definition) is 0. The number of benzene rings is 1. The summed E-state index contributed by atoms with van der Waals surface area (Å²) in [6, 6.07) is 0. The van der Waals surface area contributed by atoms with Crippen molar-refractivity contribution in [1.29, 1.82) is 0 Å². The van der Waals surface area contributed by atoms with Gasteiger partial charge in [0.25, 0.3) is 0 Å². The summed E-state index contributed by atoms with van der Waals surface area (Å²) in [6.45, 7) is -6.30. The average molecular weight is 242 g/mol. The van der Waals surface area contributed by atoms with Crippen molar-refractivity contribution >= 4 is 12.4 Å². The summed E-state index contributed by atoms with van der Waals surface area (Å²) in [5.41, 5.74) is -2.73. The van der Waals surface area contributed by atoms with Crippen LogP contribution >= 0.6 is 0 Å². The van der Waals surface area contributed by atoms with Gasteiger partial charge in [0.1, 0.15) is 11.6 Å². The Bertz CT molecular complexity index is 385. The van der Waals surface area contributed by atoms with Gasteiger partial charge in [-0.1, -0.05) is 0 Å². The minimum Gasteiger partial charge on any atom is -0.445 e. The molecule has 0 N–H and O–H groups in total. The molecule has 0 atom stereocenters. The summed E-state index contributed by atoms with van der Waals surface area (Å²) in [5.74, 6) is -13.6. The van der Waals surface area contributed by atoms with E-state index < -0.39 is 41.5 Å². The standard InChI is InChI=1S/C6BF8.Li/c8-2-1(7(13,14)15)3(9)5(11)6(12)4(2)10;/q-1;+1. The average Bonchev–Trinajstić information content (AvgIpc) is 2.09. The predicted molar refractivity (Wildman–Crippen MR) is 34.9 cm³/mol. The minimum atomic E-state index is -6.30. The SMILES string of the molecule is Fc1c(F)c(F)c([B-](F)(F)F)c(F)c1F.[Li+]. The molecule has 0 aliphatic rings. The van der Waals surface area contributed by atoms with Crippen LogP contribution in [0, 0.1) is 29.1 Å². The van der Waals surface area contributed by atoms with Gasteiger partial charge in [0, 0.05) is 0 Å². The molecule has 1 aromatic rings. The Hall–Kier alpha value is -0.678. The van der Waals surface area contributed by atoms with Crippen LogP contribution in [0.2, 0.25) is 0 Å². The molecule has 0 heterocycles. The molecule has 0 aliphatic heterocycles. The van der Waals surface area contributed by atoms with Crippen molar-refractivity contribution in [1.82, 2.24) is 0 Å². The molecule has 0 fully saturated rings. The van der Waals surface area contributed by atoms with Crippen LogP contribution in [0.1, 0.15) is 0 Å². The van der Waals surface area contributed by atoms with E-state index in [-0.39, 0.29) is 18.9 Å². The maximum atomic E-state index is 12.5. The van der Waals surface area contributed by atoms with Crippen molar-refractivity contribution < 1.29 is 53.8 Å². The third-order valence-electron chi connectivity index (χ3n) is 1.57. The molecule has 16 heavy (non-hydrogen) atoms. The van der Waals surface area contributed by atoms with Crippen molar-refractivity contribution in [3.63, 3.8) is 0 Å². The van der Waals surface area contributed by atoms with Gasteiger partial charge in [-0.25, -0.2) is 22.0 Å². The smallest absolute Gasteiger partial charge is 0.445 e. The normalized spacial score (nSPS) is 11.2. The Morgan fingerprint density at radius 3 is 1.06 bits per heavy atom. The molecule has 0 amide bonds. The second-order valence-corrected chi connectivity index (χ2v) is 2.56. The van der Waals surface area contributed by atoms with Gasteiger partial charge in [-0.05, 0) is 5.46 Å². The number of halogens is 8. The van der Waals surface area contributed by atoms with Crippen molar-refractivity contribution in [3.8, 4) is 0 Å². The Morgan fingerprint density at radius 2 is 0.812 bits per heavy atom. The van der Waals surface area contributed by atoms with Crippen LogP contribution in [-0.2, 0) is 0 Å². The third kappa shape index (κ3) is 2.35. The molecule has 0 spiro atoms. The Balaban J connectivity index is 0.00000225. The van der Waals surface area contributed by atoms with Crippen molar-refractivity contribution in [2.45, 2.75) is 0 Å². The van der Waals surface area contributed by atoms with Gasteiger partial charge >= 0.3 is 25.8 Å². The first-order valence-electron chi connectivity index (χ1n) is 3.39. The predicted octanol–water partition coefficient (Wildman–Crippen LogP) is -0.559. The van der Waals surface area contributed by atoms with Gasteiger partial charge in [0.2, 0.25) is 0 Å². The fourth-order valence-electron chi connectivity index (χ4n) is 0.909. The van der Waals surface area contributed by atoms with Gasteiger partial charge in [-0.2, -0.15) is 0 Å². The number of hydrogen-bond donors (Lipinski definition) is 0. The third-order valence-corrected chi connectivity index (χ3v) is 1.57. The van der Waals surface area contributed by atoms with Gasteiger partial charge in [-0.3, -0.25) is 0 Å². The molecule has 0 aliphatic carbocycles. The second kappa shape index (κ2) is 4.67. The molecule has 0 aromatic heterocycles. The van der Waals surface area contributed by atoms with E-state index in [1.54, 1.807) is 0 Å². The van der Waals surface area contributed by atoms with Crippen LogP contribution in [-0.4, -0.2) is 6.98 Å². The maximum Gasteiger partial charge on any atom is 1.00 e. The summed E-state index contributed by atoms with van der Waals surface area (Å²) in [6.07, 6.45) is 0. The molecule has 0 bridgehead atoms. The fraction of sp³-hybridized carbons (Fsp3) is 0. The van der Waals surface area contributed by atoms with E-state index in [1.807, 2.05) is 0 Å². The zero-order valence-corrected chi connectivity index (χ0v) is 7.60. The van der Waals surface area contributed by atoms with Crippen molar-refractivity contribution in [3.05, 3.63) is 29.1 Å². The Morgan fingerprint density at radius 1 is 0.562 bits per heavy atom. The summed E-state index contributed by atoms with van der Waals surface area (Å²) < 4.78 is 97.6. The quantitative estimate of drug-likeness (QED) is 0.268. The van der Waals surface area contributed by atoms with Crippen LogP contribution in [0.15, 0.2) is 0 Å². The zero-order valence-electron chi connectivity index (χ0n) is 7.60. The van der Waals surface area contributed by atoms with Gasteiger partial charge < -0.3 is 12.9 Å². The molecule has 84 valence electrons. The molecule has 10 heteroatoms. The van der Waals surface area contributed by atoms with E-state index in [2.05, 4.69) is 0 Å². The van der Waals surface area contributed by atoms with E-state index in [0.717, 1.165) is 0 Å².